The Morgan fingerprint density at radius 2 is 1.79 bits per heavy atom. The van der Waals surface area contributed by atoms with Crippen LogP contribution in [0.5, 0.6) is 11.5 Å². The molecule has 2 aromatic carbocycles. The van der Waals surface area contributed by atoms with Crippen molar-refractivity contribution in [3.05, 3.63) is 78.5 Å². The van der Waals surface area contributed by atoms with Gasteiger partial charge >= 0.3 is 0 Å². The molecule has 28 heavy (non-hydrogen) atoms. The first-order valence-electron chi connectivity index (χ1n) is 9.04. The highest BCUT2D eigenvalue weighted by molar-refractivity contribution is 5.91. The van der Waals surface area contributed by atoms with E-state index < -0.39 is 0 Å². The largest absolute Gasteiger partial charge is 0.496 e. The maximum Gasteiger partial charge on any atom is 0.262 e. The first kappa shape index (κ1) is 19.2. The molecule has 3 aromatic rings. The fraction of sp³-hybridized carbons (Fsp3) is 0.182. The Hall–Kier alpha value is -3.54. The number of nitrogens with zero attached hydrogens (tertiary/aromatic N) is 1. The first-order valence-corrected chi connectivity index (χ1v) is 9.04. The van der Waals surface area contributed by atoms with Gasteiger partial charge in [-0.2, -0.15) is 0 Å². The Bertz CT molecular complexity index is 883. The summed E-state index contributed by atoms with van der Waals surface area (Å²) in [6.45, 7) is 0.674. The molecule has 0 bridgehead atoms. The average molecular weight is 377 g/mol. The fourth-order valence-electron chi connectivity index (χ4n) is 2.67. The van der Waals surface area contributed by atoms with E-state index in [2.05, 4.69) is 15.6 Å². The van der Waals surface area contributed by atoms with E-state index in [9.17, 15) is 4.79 Å². The number of hydrogen-bond donors (Lipinski definition) is 2. The maximum atomic E-state index is 12.0. The molecule has 0 aliphatic carbocycles. The molecule has 1 amide bonds. The van der Waals surface area contributed by atoms with Gasteiger partial charge in [-0.1, -0.05) is 36.4 Å². The zero-order valence-electron chi connectivity index (χ0n) is 15.7. The summed E-state index contributed by atoms with van der Waals surface area (Å²) in [5, 5.41) is 6.03. The van der Waals surface area contributed by atoms with Crippen molar-refractivity contribution < 1.29 is 14.3 Å². The van der Waals surface area contributed by atoms with Crippen LogP contribution in [0, 0.1) is 0 Å². The van der Waals surface area contributed by atoms with Crippen LogP contribution in [0.15, 0.2) is 72.9 Å². The average Bonchev–Trinajstić information content (AvgIpc) is 2.74. The van der Waals surface area contributed by atoms with E-state index in [4.69, 9.17) is 9.47 Å². The lowest BCUT2D eigenvalue weighted by Gasteiger charge is -2.10. The lowest BCUT2D eigenvalue weighted by Crippen LogP contribution is -2.20. The van der Waals surface area contributed by atoms with Gasteiger partial charge in [-0.15, -0.1) is 0 Å². The Kier molecular flexibility index (Phi) is 6.84. The highest BCUT2D eigenvalue weighted by Gasteiger charge is 2.05. The summed E-state index contributed by atoms with van der Waals surface area (Å²) in [5.41, 5.74) is 1.76. The summed E-state index contributed by atoms with van der Waals surface area (Å²) in [7, 11) is 1.67. The first-order chi connectivity index (χ1) is 13.7. The molecule has 0 aliphatic rings. The molecule has 6 heteroatoms. The number of anilines is 2. The summed E-state index contributed by atoms with van der Waals surface area (Å²) < 4.78 is 10.8. The van der Waals surface area contributed by atoms with E-state index in [1.54, 1.807) is 31.5 Å². The number of hydrogen-bond acceptors (Lipinski definition) is 5. The number of para-hydroxylation sites is 2. The fourth-order valence-corrected chi connectivity index (χ4v) is 2.67. The van der Waals surface area contributed by atoms with Gasteiger partial charge in [-0.25, -0.2) is 4.98 Å². The van der Waals surface area contributed by atoms with Crippen molar-refractivity contribution in [1.29, 1.82) is 0 Å². The molecule has 3 rings (SSSR count). The molecule has 0 atom stereocenters. The highest BCUT2D eigenvalue weighted by atomic mass is 16.5. The summed E-state index contributed by atoms with van der Waals surface area (Å²) in [5.74, 6) is 2.05. The van der Waals surface area contributed by atoms with E-state index in [-0.39, 0.29) is 12.5 Å². The minimum atomic E-state index is -0.234. The minimum Gasteiger partial charge on any atom is -0.496 e. The monoisotopic (exact) mass is 377 g/mol. The molecular weight excluding hydrogens is 354 g/mol. The zero-order valence-corrected chi connectivity index (χ0v) is 15.7. The molecule has 2 N–H and O–H groups in total. The van der Waals surface area contributed by atoms with Crippen LogP contribution >= 0.6 is 0 Å². The lowest BCUT2D eigenvalue weighted by molar-refractivity contribution is -0.118. The number of ether oxygens (including phenoxy) is 2. The molecule has 0 radical (unpaired) electrons. The van der Waals surface area contributed by atoms with Crippen molar-refractivity contribution in [2.45, 2.75) is 6.42 Å². The minimum absolute atomic E-state index is 0.0527. The molecule has 0 aliphatic heterocycles. The second kappa shape index (κ2) is 9.97. The van der Waals surface area contributed by atoms with Crippen molar-refractivity contribution in [3.63, 3.8) is 0 Å². The predicted molar refractivity (Wildman–Crippen MR) is 110 cm³/mol. The number of nitrogens with one attached hydrogen (secondary N) is 2. The molecule has 144 valence electrons. The third-order valence-corrected chi connectivity index (χ3v) is 4.05. The molecular formula is C22H23N3O3. The van der Waals surface area contributed by atoms with Crippen LogP contribution < -0.4 is 20.1 Å². The topological polar surface area (TPSA) is 72.5 Å². The summed E-state index contributed by atoms with van der Waals surface area (Å²) in [6.07, 6.45) is 2.44. The number of aromatic nitrogens is 1. The van der Waals surface area contributed by atoms with Gasteiger partial charge in [0, 0.05) is 6.54 Å². The third-order valence-electron chi connectivity index (χ3n) is 4.05. The number of pyridine rings is 1. The van der Waals surface area contributed by atoms with Crippen LogP contribution in [-0.4, -0.2) is 31.2 Å². The zero-order chi connectivity index (χ0) is 19.6. The van der Waals surface area contributed by atoms with Gasteiger partial charge in [-0.3, -0.25) is 4.79 Å². The Morgan fingerprint density at radius 3 is 2.54 bits per heavy atom. The van der Waals surface area contributed by atoms with Crippen LogP contribution in [0.4, 0.5) is 11.5 Å². The van der Waals surface area contributed by atoms with Gasteiger partial charge in [0.05, 0.1) is 19.0 Å². The van der Waals surface area contributed by atoms with Crippen molar-refractivity contribution >= 4 is 17.4 Å². The molecule has 0 unspecified atom stereocenters. The van der Waals surface area contributed by atoms with E-state index in [0.717, 1.165) is 30.1 Å². The maximum absolute atomic E-state index is 12.0. The van der Waals surface area contributed by atoms with Crippen molar-refractivity contribution in [1.82, 2.24) is 4.98 Å². The molecule has 1 heterocycles. The van der Waals surface area contributed by atoms with Crippen LogP contribution in [0.1, 0.15) is 5.56 Å². The van der Waals surface area contributed by atoms with E-state index >= 15 is 0 Å². The quantitative estimate of drug-likeness (QED) is 0.594. The van der Waals surface area contributed by atoms with Crippen LogP contribution in [0.2, 0.25) is 0 Å². The smallest absolute Gasteiger partial charge is 0.262 e. The number of rotatable bonds is 9. The lowest BCUT2D eigenvalue weighted by atomic mass is 10.1. The Labute approximate surface area is 164 Å². The SMILES string of the molecule is COc1ccccc1CCNc1ccc(NC(=O)COc2ccccc2)cn1. The standard InChI is InChI=1S/C22H23N3O3/c1-27-20-10-6-5-7-17(20)13-14-23-21-12-11-18(15-24-21)25-22(26)16-28-19-8-3-2-4-9-19/h2-12,15H,13-14,16H2,1H3,(H,23,24)(H,25,26). The number of methoxy groups -OCH3 is 1. The molecule has 0 fully saturated rings. The summed E-state index contributed by atoms with van der Waals surface area (Å²) >= 11 is 0. The Balaban J connectivity index is 1.43. The summed E-state index contributed by atoms with van der Waals surface area (Å²) in [6, 6.07) is 20.8. The van der Waals surface area contributed by atoms with Gasteiger partial charge in [0.15, 0.2) is 6.61 Å². The second-order valence-electron chi connectivity index (χ2n) is 6.07. The number of amides is 1. The predicted octanol–water partition coefficient (Wildman–Crippen LogP) is 3.76. The Morgan fingerprint density at radius 1 is 1.00 bits per heavy atom. The number of carbonyl (C=O) groups excluding carboxylic acids is 1. The van der Waals surface area contributed by atoms with Crippen molar-refractivity contribution in [2.75, 3.05) is 30.9 Å². The van der Waals surface area contributed by atoms with Crippen LogP contribution in [0.3, 0.4) is 0 Å². The van der Waals surface area contributed by atoms with Gasteiger partial charge in [-0.05, 0) is 42.3 Å². The van der Waals surface area contributed by atoms with Gasteiger partial charge < -0.3 is 20.1 Å². The van der Waals surface area contributed by atoms with E-state index in [1.807, 2.05) is 48.5 Å². The third kappa shape index (κ3) is 5.74. The molecule has 0 saturated carbocycles. The van der Waals surface area contributed by atoms with Crippen molar-refractivity contribution in [2.24, 2.45) is 0 Å². The highest BCUT2D eigenvalue weighted by Crippen LogP contribution is 2.18. The number of benzene rings is 2. The van der Waals surface area contributed by atoms with Crippen LogP contribution in [0.25, 0.3) is 0 Å². The molecule has 6 nitrogen and oxygen atoms in total. The van der Waals surface area contributed by atoms with Crippen LogP contribution in [-0.2, 0) is 11.2 Å². The van der Waals surface area contributed by atoms with E-state index in [0.29, 0.717) is 11.4 Å². The van der Waals surface area contributed by atoms with Gasteiger partial charge in [0.1, 0.15) is 17.3 Å². The van der Waals surface area contributed by atoms with Gasteiger partial charge in [0.25, 0.3) is 5.91 Å². The molecule has 1 aromatic heterocycles. The van der Waals surface area contributed by atoms with Gasteiger partial charge in [0.2, 0.25) is 0 Å². The second-order valence-corrected chi connectivity index (χ2v) is 6.07. The van der Waals surface area contributed by atoms with E-state index in [1.165, 1.54) is 0 Å². The summed E-state index contributed by atoms with van der Waals surface area (Å²) in [4.78, 5) is 16.3. The molecule has 0 spiro atoms. The van der Waals surface area contributed by atoms with Crippen molar-refractivity contribution in [3.8, 4) is 11.5 Å². The molecule has 0 saturated heterocycles. The normalized spacial score (nSPS) is 10.2. The number of carbonyl (C=O) groups is 1.